The number of likely N-dealkylation sites (N-methyl/N-ethyl adjacent to an activating group) is 1. The van der Waals surface area contributed by atoms with Gasteiger partial charge in [-0.3, -0.25) is 14.5 Å². The van der Waals surface area contributed by atoms with Gasteiger partial charge >= 0.3 is 0 Å². The van der Waals surface area contributed by atoms with E-state index in [1.807, 2.05) is 4.90 Å². The maximum Gasteiger partial charge on any atom is 0.255 e. The van der Waals surface area contributed by atoms with Crippen LogP contribution in [-0.2, 0) is 9.53 Å². The van der Waals surface area contributed by atoms with E-state index in [0.29, 0.717) is 48.1 Å². The fraction of sp³-hybridized carbons (Fsp3) is 0.619. The topological polar surface area (TPSA) is 100 Å². The van der Waals surface area contributed by atoms with Crippen LogP contribution in [0.5, 0.6) is 5.75 Å². The number of benzene rings is 1. The largest absolute Gasteiger partial charge is 0.496 e. The Morgan fingerprint density at radius 2 is 1.90 bits per heavy atom. The lowest BCUT2D eigenvalue weighted by Gasteiger charge is -2.39. The van der Waals surface area contributed by atoms with Gasteiger partial charge in [-0.1, -0.05) is 11.6 Å². The number of nitrogen functional groups attached to an aromatic ring is 1. The van der Waals surface area contributed by atoms with Gasteiger partial charge in [0.2, 0.25) is 5.91 Å². The fourth-order valence-electron chi connectivity index (χ4n) is 4.04. The first-order valence-electron chi connectivity index (χ1n) is 10.5. The molecule has 0 aromatic heterocycles. The molecule has 0 radical (unpaired) electrons. The number of anilines is 1. The van der Waals surface area contributed by atoms with Crippen molar-refractivity contribution in [2.75, 3.05) is 72.8 Å². The highest BCUT2D eigenvalue weighted by Gasteiger charge is 2.33. The standard InChI is InChI=1S/C21H32ClN5O4/c1-25-6-8-27(9-7-25)20(28)13-26-5-4-17(19(12-26)31-3)24-21(29)14-10-15(22)16(23)11-18(14)30-2/h10-11,17,19H,4-9,12-13,23H2,1-3H3,(H,24,29)/t17-,19+/m0/s1. The van der Waals surface area contributed by atoms with Crippen LogP contribution in [0.1, 0.15) is 16.8 Å². The first-order valence-corrected chi connectivity index (χ1v) is 10.9. The summed E-state index contributed by atoms with van der Waals surface area (Å²) < 4.78 is 10.9. The lowest BCUT2D eigenvalue weighted by atomic mass is 10.0. The van der Waals surface area contributed by atoms with E-state index in [1.165, 1.54) is 19.2 Å². The Kier molecular flexibility index (Phi) is 7.99. The normalized spacial score (nSPS) is 22.9. The third kappa shape index (κ3) is 5.79. The van der Waals surface area contributed by atoms with Crippen LogP contribution in [0.2, 0.25) is 5.02 Å². The van der Waals surface area contributed by atoms with Crippen LogP contribution in [0.3, 0.4) is 0 Å². The average molecular weight is 454 g/mol. The van der Waals surface area contributed by atoms with Crippen molar-refractivity contribution in [3.8, 4) is 5.75 Å². The summed E-state index contributed by atoms with van der Waals surface area (Å²) in [5, 5.41) is 3.33. The van der Waals surface area contributed by atoms with Gasteiger partial charge in [0.15, 0.2) is 0 Å². The number of hydrogen-bond acceptors (Lipinski definition) is 7. The number of hydrogen-bond donors (Lipinski definition) is 2. The lowest BCUT2D eigenvalue weighted by Crippen LogP contribution is -2.57. The Hall–Kier alpha value is -2.07. The third-order valence-electron chi connectivity index (χ3n) is 6.04. The molecular weight excluding hydrogens is 422 g/mol. The quantitative estimate of drug-likeness (QED) is 0.606. The highest BCUT2D eigenvalue weighted by Crippen LogP contribution is 2.29. The number of amides is 2. The number of nitrogens with two attached hydrogens (primary N) is 1. The summed E-state index contributed by atoms with van der Waals surface area (Å²) >= 11 is 6.09. The van der Waals surface area contributed by atoms with E-state index in [9.17, 15) is 9.59 Å². The molecular formula is C21H32ClN5O4. The van der Waals surface area contributed by atoms with Gasteiger partial charge in [0, 0.05) is 52.4 Å². The van der Waals surface area contributed by atoms with E-state index in [2.05, 4.69) is 22.2 Å². The second kappa shape index (κ2) is 10.5. The molecule has 172 valence electrons. The van der Waals surface area contributed by atoms with Crippen LogP contribution in [-0.4, -0.2) is 106 Å². The summed E-state index contributed by atoms with van der Waals surface area (Å²) in [6, 6.07) is 2.86. The molecule has 2 aliphatic rings. The number of likely N-dealkylation sites (tertiary alicyclic amines) is 1. The predicted octanol–water partition coefficient (Wildman–Crippen LogP) is 0.524. The molecule has 2 aliphatic heterocycles. The minimum atomic E-state index is -0.298. The lowest BCUT2D eigenvalue weighted by molar-refractivity contribution is -0.135. The van der Waals surface area contributed by atoms with E-state index in [0.717, 1.165) is 26.2 Å². The molecule has 3 N–H and O–H groups in total. The van der Waals surface area contributed by atoms with E-state index < -0.39 is 0 Å². The second-order valence-electron chi connectivity index (χ2n) is 8.14. The summed E-state index contributed by atoms with van der Waals surface area (Å²) in [7, 11) is 5.17. The maximum absolute atomic E-state index is 12.9. The molecule has 2 atom stereocenters. The Morgan fingerprint density at radius 1 is 1.19 bits per heavy atom. The average Bonchev–Trinajstić information content (AvgIpc) is 2.76. The number of halogens is 1. The Morgan fingerprint density at radius 3 is 2.55 bits per heavy atom. The summed E-state index contributed by atoms with van der Waals surface area (Å²) in [6.45, 7) is 4.97. The van der Waals surface area contributed by atoms with Gasteiger partial charge in [-0.15, -0.1) is 0 Å². The molecule has 9 nitrogen and oxygen atoms in total. The summed E-state index contributed by atoms with van der Waals surface area (Å²) in [5.41, 5.74) is 6.48. The van der Waals surface area contributed by atoms with Gasteiger partial charge in [0.1, 0.15) is 5.75 Å². The fourth-order valence-corrected chi connectivity index (χ4v) is 4.20. The molecule has 3 rings (SSSR count). The zero-order chi connectivity index (χ0) is 22.5. The Labute approximate surface area is 188 Å². The maximum atomic E-state index is 12.9. The molecule has 0 bridgehead atoms. The highest BCUT2D eigenvalue weighted by molar-refractivity contribution is 6.33. The monoisotopic (exact) mass is 453 g/mol. The Bertz CT molecular complexity index is 800. The number of piperazine rings is 1. The molecule has 0 unspecified atom stereocenters. The van der Waals surface area contributed by atoms with Crippen molar-refractivity contribution in [2.45, 2.75) is 18.6 Å². The minimum absolute atomic E-state index is 0.145. The number of rotatable bonds is 6. The molecule has 0 saturated carbocycles. The Balaban J connectivity index is 1.58. The van der Waals surface area contributed by atoms with E-state index >= 15 is 0 Å². The van der Waals surface area contributed by atoms with Crippen molar-refractivity contribution in [1.29, 1.82) is 0 Å². The summed E-state index contributed by atoms with van der Waals surface area (Å²) in [6.07, 6.45) is 0.443. The van der Waals surface area contributed by atoms with Gasteiger partial charge < -0.3 is 30.3 Å². The molecule has 10 heteroatoms. The minimum Gasteiger partial charge on any atom is -0.496 e. The highest BCUT2D eigenvalue weighted by atomic mass is 35.5. The smallest absolute Gasteiger partial charge is 0.255 e. The predicted molar refractivity (Wildman–Crippen MR) is 120 cm³/mol. The molecule has 2 fully saturated rings. The van der Waals surface area contributed by atoms with Crippen molar-refractivity contribution in [1.82, 2.24) is 20.0 Å². The molecule has 2 heterocycles. The van der Waals surface area contributed by atoms with Crippen molar-refractivity contribution < 1.29 is 19.1 Å². The van der Waals surface area contributed by atoms with Crippen molar-refractivity contribution >= 4 is 29.1 Å². The first kappa shape index (κ1) is 23.6. The van der Waals surface area contributed by atoms with E-state index in [1.54, 1.807) is 7.11 Å². The molecule has 0 spiro atoms. The van der Waals surface area contributed by atoms with Crippen molar-refractivity contribution in [2.24, 2.45) is 0 Å². The van der Waals surface area contributed by atoms with E-state index in [-0.39, 0.29) is 24.0 Å². The van der Waals surface area contributed by atoms with Gasteiger partial charge in [-0.05, 0) is 19.5 Å². The third-order valence-corrected chi connectivity index (χ3v) is 6.37. The van der Waals surface area contributed by atoms with Crippen LogP contribution >= 0.6 is 11.6 Å². The van der Waals surface area contributed by atoms with Crippen molar-refractivity contribution in [3.05, 3.63) is 22.7 Å². The number of ether oxygens (including phenoxy) is 2. The number of piperidine rings is 1. The number of nitrogens with one attached hydrogen (secondary N) is 1. The molecule has 1 aromatic carbocycles. The van der Waals surface area contributed by atoms with Crippen molar-refractivity contribution in [3.63, 3.8) is 0 Å². The number of nitrogens with zero attached hydrogens (tertiary/aromatic N) is 3. The van der Waals surface area contributed by atoms with Crippen LogP contribution in [0.4, 0.5) is 5.69 Å². The van der Waals surface area contributed by atoms with Gasteiger partial charge in [-0.25, -0.2) is 0 Å². The van der Waals surface area contributed by atoms with Gasteiger partial charge in [0.05, 0.1) is 42.1 Å². The van der Waals surface area contributed by atoms with Crippen LogP contribution < -0.4 is 15.8 Å². The molecule has 1 aromatic rings. The van der Waals surface area contributed by atoms with Crippen LogP contribution in [0.25, 0.3) is 0 Å². The molecule has 0 aliphatic carbocycles. The number of methoxy groups -OCH3 is 2. The second-order valence-corrected chi connectivity index (χ2v) is 8.54. The molecule has 2 saturated heterocycles. The number of carbonyl (C=O) groups is 2. The van der Waals surface area contributed by atoms with Crippen LogP contribution in [0.15, 0.2) is 12.1 Å². The van der Waals surface area contributed by atoms with E-state index in [4.69, 9.17) is 26.8 Å². The molecule has 2 amide bonds. The zero-order valence-electron chi connectivity index (χ0n) is 18.4. The number of carbonyl (C=O) groups excluding carboxylic acids is 2. The first-order chi connectivity index (χ1) is 14.8. The zero-order valence-corrected chi connectivity index (χ0v) is 19.2. The summed E-state index contributed by atoms with van der Waals surface area (Å²) in [5.74, 6) is 0.211. The van der Waals surface area contributed by atoms with Gasteiger partial charge in [-0.2, -0.15) is 0 Å². The SMILES string of the molecule is COc1cc(N)c(Cl)cc1C(=O)N[C@H]1CCN(CC(=O)N2CCN(C)CC2)C[C@H]1OC. The summed E-state index contributed by atoms with van der Waals surface area (Å²) in [4.78, 5) is 31.8. The molecule has 31 heavy (non-hydrogen) atoms. The van der Waals surface area contributed by atoms with Gasteiger partial charge in [0.25, 0.3) is 5.91 Å². The van der Waals surface area contributed by atoms with Crippen LogP contribution in [0, 0.1) is 0 Å².